The van der Waals surface area contributed by atoms with Gasteiger partial charge in [0.2, 0.25) is 5.95 Å². The Morgan fingerprint density at radius 3 is 2.50 bits per heavy atom. The van der Waals surface area contributed by atoms with Crippen LogP contribution >= 0.6 is 0 Å². The molecule has 4 rings (SSSR count). The molecule has 4 aromatic rings. The number of benzene rings is 2. The fourth-order valence-corrected chi connectivity index (χ4v) is 3.21. The lowest BCUT2D eigenvalue weighted by atomic mass is 10.1. The van der Waals surface area contributed by atoms with Crippen molar-refractivity contribution < 1.29 is 0 Å². The molecule has 0 aliphatic rings. The molecule has 0 amide bonds. The Bertz CT molecular complexity index is 1160. The smallest absolute Gasteiger partial charge is 0.255 e. The summed E-state index contributed by atoms with van der Waals surface area (Å²) in [6, 6.07) is 23.6. The summed E-state index contributed by atoms with van der Waals surface area (Å²) in [4.78, 5) is 26.0. The second-order valence-electron chi connectivity index (χ2n) is 6.93. The number of anilines is 3. The topological polar surface area (TPSA) is 73.9 Å². The van der Waals surface area contributed by atoms with Gasteiger partial charge in [-0.2, -0.15) is 4.98 Å². The third-order valence-electron chi connectivity index (χ3n) is 4.88. The fourth-order valence-electron chi connectivity index (χ4n) is 3.21. The Kier molecular flexibility index (Phi) is 5.85. The van der Waals surface area contributed by atoms with Crippen molar-refractivity contribution in [2.75, 3.05) is 23.8 Å². The van der Waals surface area contributed by atoms with E-state index in [0.29, 0.717) is 11.5 Å². The Morgan fingerprint density at radius 2 is 1.73 bits per heavy atom. The highest BCUT2D eigenvalue weighted by molar-refractivity contribution is 5.69. The molecule has 2 aromatic heterocycles. The van der Waals surface area contributed by atoms with E-state index in [1.165, 1.54) is 5.56 Å². The largest absolute Gasteiger partial charge is 0.354 e. The average molecular weight is 397 g/mol. The van der Waals surface area contributed by atoms with Gasteiger partial charge in [-0.15, -0.1) is 0 Å². The van der Waals surface area contributed by atoms with Crippen LogP contribution in [0.2, 0.25) is 0 Å². The third-order valence-corrected chi connectivity index (χ3v) is 4.88. The second kappa shape index (κ2) is 9.05. The number of aromatic amines is 1. The Morgan fingerprint density at radius 1 is 1.00 bits per heavy atom. The van der Waals surface area contributed by atoms with E-state index < -0.39 is 0 Å². The van der Waals surface area contributed by atoms with E-state index in [9.17, 15) is 4.79 Å². The Balaban J connectivity index is 1.50. The first kappa shape index (κ1) is 19.4. The Hall–Kier alpha value is -3.93. The molecular weight excluding hydrogens is 374 g/mol. The predicted octanol–water partition coefficient (Wildman–Crippen LogP) is 4.25. The first-order chi connectivity index (χ1) is 14.7. The number of rotatable bonds is 7. The van der Waals surface area contributed by atoms with Gasteiger partial charge in [-0.05, 0) is 29.7 Å². The first-order valence-electron chi connectivity index (χ1n) is 9.83. The zero-order valence-corrected chi connectivity index (χ0v) is 16.7. The van der Waals surface area contributed by atoms with Gasteiger partial charge in [0.25, 0.3) is 5.56 Å². The van der Waals surface area contributed by atoms with Gasteiger partial charge in [0.05, 0.1) is 5.69 Å². The van der Waals surface area contributed by atoms with Crippen LogP contribution in [0.15, 0.2) is 90.0 Å². The van der Waals surface area contributed by atoms with Crippen LogP contribution in [0, 0.1) is 0 Å². The number of nitrogens with one attached hydrogen (secondary N) is 2. The highest BCUT2D eigenvalue weighted by Gasteiger charge is 2.11. The van der Waals surface area contributed by atoms with Gasteiger partial charge in [-0.3, -0.25) is 4.79 Å². The first-order valence-corrected chi connectivity index (χ1v) is 9.83. The molecule has 0 saturated heterocycles. The van der Waals surface area contributed by atoms with Crippen LogP contribution < -0.4 is 15.8 Å². The molecule has 0 radical (unpaired) electrons. The van der Waals surface area contributed by atoms with Crippen LogP contribution in [0.25, 0.3) is 11.1 Å². The minimum Gasteiger partial charge on any atom is -0.354 e. The van der Waals surface area contributed by atoms with Crippen LogP contribution in [-0.2, 0) is 6.42 Å². The maximum Gasteiger partial charge on any atom is 0.255 e. The standard InChI is InChI=1S/C24H23N5O/c1-29(20-16-21(23(30)27-17-20)19-10-6-3-7-11-19)22-13-15-26-24(28-22)25-14-12-18-8-4-2-5-9-18/h2-11,13,15-17H,12,14H2,1H3,(H,27,30)(H,25,26,28). The van der Waals surface area contributed by atoms with Gasteiger partial charge in [0.15, 0.2) is 0 Å². The SMILES string of the molecule is CN(c1c[nH]c(=O)c(-c2ccccc2)c1)c1ccnc(NCCc2ccccc2)n1. The van der Waals surface area contributed by atoms with E-state index >= 15 is 0 Å². The molecule has 0 spiro atoms. The summed E-state index contributed by atoms with van der Waals surface area (Å²) in [6.45, 7) is 0.744. The molecule has 6 nitrogen and oxygen atoms in total. The zero-order valence-electron chi connectivity index (χ0n) is 16.7. The summed E-state index contributed by atoms with van der Waals surface area (Å²) < 4.78 is 0. The van der Waals surface area contributed by atoms with Crippen molar-refractivity contribution in [1.82, 2.24) is 15.0 Å². The second-order valence-corrected chi connectivity index (χ2v) is 6.93. The molecule has 0 fully saturated rings. The molecule has 2 N–H and O–H groups in total. The highest BCUT2D eigenvalue weighted by atomic mass is 16.1. The summed E-state index contributed by atoms with van der Waals surface area (Å²) >= 11 is 0. The van der Waals surface area contributed by atoms with Gasteiger partial charge in [-0.25, -0.2) is 4.98 Å². The van der Waals surface area contributed by atoms with Gasteiger partial charge < -0.3 is 15.2 Å². The van der Waals surface area contributed by atoms with Crippen molar-refractivity contribution >= 4 is 17.5 Å². The maximum atomic E-state index is 12.3. The van der Waals surface area contributed by atoms with Crippen LogP contribution in [0.3, 0.4) is 0 Å². The molecule has 2 aromatic carbocycles. The van der Waals surface area contributed by atoms with Crippen molar-refractivity contribution in [2.45, 2.75) is 6.42 Å². The molecule has 6 heteroatoms. The van der Waals surface area contributed by atoms with Crippen molar-refractivity contribution in [3.8, 4) is 11.1 Å². The molecule has 30 heavy (non-hydrogen) atoms. The number of nitrogens with zero attached hydrogens (tertiary/aromatic N) is 3. The summed E-state index contributed by atoms with van der Waals surface area (Å²) in [5.74, 6) is 1.31. The summed E-state index contributed by atoms with van der Waals surface area (Å²) in [6.07, 6.45) is 4.32. The highest BCUT2D eigenvalue weighted by Crippen LogP contribution is 2.24. The quantitative estimate of drug-likeness (QED) is 0.488. The molecule has 0 bridgehead atoms. The summed E-state index contributed by atoms with van der Waals surface area (Å²) in [5, 5.41) is 3.28. The molecule has 0 atom stereocenters. The van der Waals surface area contributed by atoms with E-state index in [1.54, 1.807) is 12.4 Å². The molecule has 0 unspecified atom stereocenters. The summed E-state index contributed by atoms with van der Waals surface area (Å²) in [5.41, 5.74) is 3.47. The lowest BCUT2D eigenvalue weighted by Gasteiger charge is -2.19. The molecule has 0 aliphatic heterocycles. The number of hydrogen-bond donors (Lipinski definition) is 2. The van der Waals surface area contributed by atoms with E-state index in [-0.39, 0.29) is 5.56 Å². The maximum absolute atomic E-state index is 12.3. The molecule has 150 valence electrons. The van der Waals surface area contributed by atoms with Gasteiger partial charge >= 0.3 is 0 Å². The predicted molar refractivity (Wildman–Crippen MR) is 121 cm³/mol. The van der Waals surface area contributed by atoms with Crippen molar-refractivity contribution in [3.63, 3.8) is 0 Å². The number of hydrogen-bond acceptors (Lipinski definition) is 5. The minimum atomic E-state index is -0.121. The van der Waals surface area contributed by atoms with Gasteiger partial charge in [0, 0.05) is 31.5 Å². The van der Waals surface area contributed by atoms with Gasteiger partial charge in [-0.1, -0.05) is 60.7 Å². The van der Waals surface area contributed by atoms with Crippen LogP contribution in [0.1, 0.15) is 5.56 Å². The zero-order chi connectivity index (χ0) is 20.8. The van der Waals surface area contributed by atoms with E-state index in [2.05, 4.69) is 32.4 Å². The third kappa shape index (κ3) is 4.55. The number of aromatic nitrogens is 3. The van der Waals surface area contributed by atoms with Crippen molar-refractivity contribution in [3.05, 3.63) is 101 Å². The van der Waals surface area contributed by atoms with Crippen LogP contribution in [0.5, 0.6) is 0 Å². The molecule has 0 saturated carbocycles. The van der Waals surface area contributed by atoms with Gasteiger partial charge in [0.1, 0.15) is 5.82 Å². The number of pyridine rings is 1. The lowest BCUT2D eigenvalue weighted by Crippen LogP contribution is -2.17. The van der Waals surface area contributed by atoms with Crippen molar-refractivity contribution in [2.24, 2.45) is 0 Å². The minimum absolute atomic E-state index is 0.121. The number of H-pyrrole nitrogens is 1. The van der Waals surface area contributed by atoms with E-state index in [0.717, 1.165) is 30.0 Å². The van der Waals surface area contributed by atoms with Crippen LogP contribution in [-0.4, -0.2) is 28.5 Å². The van der Waals surface area contributed by atoms with Crippen LogP contribution in [0.4, 0.5) is 17.5 Å². The summed E-state index contributed by atoms with van der Waals surface area (Å²) in [7, 11) is 1.92. The normalized spacial score (nSPS) is 10.6. The van der Waals surface area contributed by atoms with E-state index in [4.69, 9.17) is 0 Å². The van der Waals surface area contributed by atoms with Crippen molar-refractivity contribution in [1.29, 1.82) is 0 Å². The molecular formula is C24H23N5O. The Labute approximate surface area is 175 Å². The lowest BCUT2D eigenvalue weighted by molar-refractivity contribution is 0.976. The van der Waals surface area contributed by atoms with E-state index in [1.807, 2.05) is 72.6 Å². The fraction of sp³-hybridized carbons (Fsp3) is 0.125. The monoisotopic (exact) mass is 397 g/mol. The molecule has 0 aliphatic carbocycles. The average Bonchev–Trinajstić information content (AvgIpc) is 2.80. The molecule has 2 heterocycles.